The van der Waals surface area contributed by atoms with Crippen LogP contribution in [0.25, 0.3) is 0 Å². The van der Waals surface area contributed by atoms with E-state index < -0.39 is 0 Å². The molecule has 1 saturated carbocycles. The highest BCUT2D eigenvalue weighted by atomic mass is 16.5. The summed E-state index contributed by atoms with van der Waals surface area (Å²) in [6.45, 7) is 1.10. The molecule has 1 aromatic carbocycles. The molecule has 0 radical (unpaired) electrons. The fourth-order valence-electron chi connectivity index (χ4n) is 1.99. The molecular weight excluding hydrogens is 202 g/mol. The third-order valence-corrected chi connectivity index (χ3v) is 2.82. The van der Waals surface area contributed by atoms with E-state index in [1.807, 2.05) is 24.3 Å². The molecule has 0 unspecified atom stereocenters. The third kappa shape index (κ3) is 3.14. The third-order valence-electron chi connectivity index (χ3n) is 2.82. The Balaban J connectivity index is 1.86. The van der Waals surface area contributed by atoms with Crippen molar-refractivity contribution in [2.75, 3.05) is 13.2 Å². The maximum absolute atomic E-state index is 5.85. The first-order chi connectivity index (χ1) is 7.88. The molecule has 0 atom stereocenters. The van der Waals surface area contributed by atoms with Gasteiger partial charge in [0.1, 0.15) is 18.1 Å². The van der Waals surface area contributed by atoms with Gasteiger partial charge in [-0.05, 0) is 49.9 Å². The van der Waals surface area contributed by atoms with Crippen LogP contribution in [0.4, 0.5) is 0 Å². The molecule has 1 fully saturated rings. The minimum atomic E-state index is 0.413. The Bertz CT molecular complexity index is 304. The Morgan fingerprint density at radius 2 is 1.69 bits per heavy atom. The summed E-state index contributed by atoms with van der Waals surface area (Å²) in [6.07, 6.45) is 5.37. The molecular formula is C13H19NO2. The standard InChI is InChI=1S/C13H19NO2/c14-9-10-15-11-5-7-13(8-6-11)16-12-3-1-2-4-12/h5-8,12H,1-4,9-10,14H2. The van der Waals surface area contributed by atoms with Crippen molar-refractivity contribution in [1.82, 2.24) is 0 Å². The minimum Gasteiger partial charge on any atom is -0.492 e. The van der Waals surface area contributed by atoms with Gasteiger partial charge >= 0.3 is 0 Å². The number of benzene rings is 1. The van der Waals surface area contributed by atoms with E-state index >= 15 is 0 Å². The Morgan fingerprint density at radius 1 is 1.06 bits per heavy atom. The van der Waals surface area contributed by atoms with Gasteiger partial charge in [0, 0.05) is 6.54 Å². The van der Waals surface area contributed by atoms with Crippen LogP contribution in [0.3, 0.4) is 0 Å². The molecule has 1 aromatic rings. The van der Waals surface area contributed by atoms with Gasteiger partial charge in [0.15, 0.2) is 0 Å². The van der Waals surface area contributed by atoms with Crippen molar-refractivity contribution in [3.8, 4) is 11.5 Å². The largest absolute Gasteiger partial charge is 0.492 e. The summed E-state index contributed by atoms with van der Waals surface area (Å²) in [5.74, 6) is 1.79. The summed E-state index contributed by atoms with van der Waals surface area (Å²) < 4.78 is 11.3. The quantitative estimate of drug-likeness (QED) is 0.830. The van der Waals surface area contributed by atoms with E-state index in [-0.39, 0.29) is 0 Å². The molecule has 88 valence electrons. The lowest BCUT2D eigenvalue weighted by atomic mass is 10.3. The second kappa shape index (κ2) is 5.75. The fraction of sp³-hybridized carbons (Fsp3) is 0.538. The van der Waals surface area contributed by atoms with Crippen molar-refractivity contribution in [1.29, 1.82) is 0 Å². The lowest BCUT2D eigenvalue weighted by molar-refractivity contribution is 0.209. The van der Waals surface area contributed by atoms with E-state index in [1.165, 1.54) is 25.7 Å². The van der Waals surface area contributed by atoms with Gasteiger partial charge in [0.05, 0.1) is 6.10 Å². The van der Waals surface area contributed by atoms with Crippen LogP contribution in [0.1, 0.15) is 25.7 Å². The molecule has 0 bridgehead atoms. The molecule has 0 heterocycles. The number of nitrogens with two attached hydrogens (primary N) is 1. The molecule has 3 nitrogen and oxygen atoms in total. The van der Waals surface area contributed by atoms with Crippen molar-refractivity contribution in [2.45, 2.75) is 31.8 Å². The molecule has 0 saturated heterocycles. The average molecular weight is 221 g/mol. The molecule has 0 aliphatic heterocycles. The molecule has 2 rings (SSSR count). The predicted octanol–water partition coefficient (Wildman–Crippen LogP) is 2.35. The first-order valence-electron chi connectivity index (χ1n) is 5.98. The molecule has 0 amide bonds. The van der Waals surface area contributed by atoms with Crippen LogP contribution in [0, 0.1) is 0 Å². The first kappa shape index (κ1) is 11.3. The van der Waals surface area contributed by atoms with E-state index in [0.29, 0.717) is 19.3 Å². The number of hydrogen-bond acceptors (Lipinski definition) is 3. The minimum absolute atomic E-state index is 0.413. The molecule has 1 aliphatic rings. The van der Waals surface area contributed by atoms with Crippen molar-refractivity contribution in [2.24, 2.45) is 5.73 Å². The second-order valence-corrected chi connectivity index (χ2v) is 4.13. The van der Waals surface area contributed by atoms with E-state index in [1.54, 1.807) is 0 Å². The molecule has 1 aliphatic carbocycles. The Kier molecular flexibility index (Phi) is 4.05. The van der Waals surface area contributed by atoms with Crippen molar-refractivity contribution >= 4 is 0 Å². The van der Waals surface area contributed by atoms with Gasteiger partial charge in [-0.1, -0.05) is 0 Å². The number of hydrogen-bond donors (Lipinski definition) is 1. The maximum atomic E-state index is 5.85. The van der Waals surface area contributed by atoms with Gasteiger partial charge in [0.25, 0.3) is 0 Å². The van der Waals surface area contributed by atoms with Gasteiger partial charge in [-0.2, -0.15) is 0 Å². The van der Waals surface area contributed by atoms with Crippen LogP contribution >= 0.6 is 0 Å². The van der Waals surface area contributed by atoms with Gasteiger partial charge in [-0.15, -0.1) is 0 Å². The molecule has 16 heavy (non-hydrogen) atoms. The lowest BCUT2D eigenvalue weighted by Gasteiger charge is -2.13. The Hall–Kier alpha value is -1.22. The summed E-state index contributed by atoms with van der Waals surface area (Å²) >= 11 is 0. The Morgan fingerprint density at radius 3 is 2.31 bits per heavy atom. The smallest absolute Gasteiger partial charge is 0.119 e. The SMILES string of the molecule is NCCOc1ccc(OC2CCCC2)cc1. The highest BCUT2D eigenvalue weighted by Gasteiger charge is 2.16. The van der Waals surface area contributed by atoms with Crippen molar-refractivity contribution < 1.29 is 9.47 Å². The van der Waals surface area contributed by atoms with Gasteiger partial charge in [-0.3, -0.25) is 0 Å². The van der Waals surface area contributed by atoms with Gasteiger partial charge < -0.3 is 15.2 Å². The van der Waals surface area contributed by atoms with Crippen LogP contribution < -0.4 is 15.2 Å². The zero-order chi connectivity index (χ0) is 11.2. The van der Waals surface area contributed by atoms with E-state index in [4.69, 9.17) is 15.2 Å². The topological polar surface area (TPSA) is 44.5 Å². The monoisotopic (exact) mass is 221 g/mol. The first-order valence-corrected chi connectivity index (χ1v) is 5.98. The normalized spacial score (nSPS) is 16.3. The lowest BCUT2D eigenvalue weighted by Crippen LogP contribution is -2.11. The summed E-state index contributed by atoms with van der Waals surface area (Å²) in [5.41, 5.74) is 5.37. The van der Waals surface area contributed by atoms with Crippen molar-refractivity contribution in [3.63, 3.8) is 0 Å². The maximum Gasteiger partial charge on any atom is 0.119 e. The molecule has 2 N–H and O–H groups in total. The van der Waals surface area contributed by atoms with Gasteiger partial charge in [0.2, 0.25) is 0 Å². The zero-order valence-corrected chi connectivity index (χ0v) is 9.52. The molecule has 3 heteroatoms. The van der Waals surface area contributed by atoms with Crippen LogP contribution in [0.15, 0.2) is 24.3 Å². The van der Waals surface area contributed by atoms with E-state index in [9.17, 15) is 0 Å². The average Bonchev–Trinajstić information content (AvgIpc) is 2.81. The van der Waals surface area contributed by atoms with Crippen LogP contribution in [0.2, 0.25) is 0 Å². The summed E-state index contributed by atoms with van der Waals surface area (Å²) in [4.78, 5) is 0. The molecule has 0 spiro atoms. The van der Waals surface area contributed by atoms with Gasteiger partial charge in [-0.25, -0.2) is 0 Å². The highest BCUT2D eigenvalue weighted by Crippen LogP contribution is 2.25. The summed E-state index contributed by atoms with van der Waals surface area (Å²) in [6, 6.07) is 7.79. The number of ether oxygens (including phenoxy) is 2. The van der Waals surface area contributed by atoms with Crippen LogP contribution in [-0.4, -0.2) is 19.3 Å². The highest BCUT2D eigenvalue weighted by molar-refractivity contribution is 5.31. The molecule has 0 aromatic heterocycles. The number of rotatable bonds is 5. The van der Waals surface area contributed by atoms with Crippen LogP contribution in [0.5, 0.6) is 11.5 Å². The van der Waals surface area contributed by atoms with E-state index in [2.05, 4.69) is 0 Å². The Labute approximate surface area is 96.5 Å². The second-order valence-electron chi connectivity index (χ2n) is 4.13. The van der Waals surface area contributed by atoms with Crippen molar-refractivity contribution in [3.05, 3.63) is 24.3 Å². The predicted molar refractivity (Wildman–Crippen MR) is 63.9 cm³/mol. The van der Waals surface area contributed by atoms with E-state index in [0.717, 1.165) is 11.5 Å². The summed E-state index contributed by atoms with van der Waals surface area (Å²) in [7, 11) is 0. The van der Waals surface area contributed by atoms with Crippen LogP contribution in [-0.2, 0) is 0 Å². The zero-order valence-electron chi connectivity index (χ0n) is 9.52. The summed E-state index contributed by atoms with van der Waals surface area (Å²) in [5, 5.41) is 0. The fourth-order valence-corrected chi connectivity index (χ4v) is 1.99.